The summed E-state index contributed by atoms with van der Waals surface area (Å²) in [6.07, 6.45) is 5.86. The fraction of sp³-hybridized carbons (Fsp3) is 0.600. The summed E-state index contributed by atoms with van der Waals surface area (Å²) in [5, 5.41) is 22.2. The molecule has 2 rings (SSSR count). The van der Waals surface area contributed by atoms with Gasteiger partial charge < -0.3 is 20.8 Å². The summed E-state index contributed by atoms with van der Waals surface area (Å²) in [6, 6.07) is -0.648. The molecule has 1 fully saturated rings. The van der Waals surface area contributed by atoms with E-state index in [2.05, 4.69) is 10.6 Å². The molecule has 0 bridgehead atoms. The lowest BCUT2D eigenvalue weighted by molar-refractivity contribution is -0.139. The average Bonchev–Trinajstić information content (AvgIpc) is 2.93. The van der Waals surface area contributed by atoms with Crippen molar-refractivity contribution in [2.45, 2.75) is 31.3 Å². The number of nitrogens with one attached hydrogen (secondary N) is 2. The van der Waals surface area contributed by atoms with Crippen LogP contribution in [0.25, 0.3) is 0 Å². The first kappa shape index (κ1) is 12.5. The smallest absolute Gasteiger partial charge is 0.326 e. The molecular formula is C10H16N2O4. The van der Waals surface area contributed by atoms with Crippen LogP contribution in [0, 0.1) is 0 Å². The number of carboxylic acids is 2. The Hall–Kier alpha value is -1.56. The zero-order chi connectivity index (χ0) is 12.0. The minimum atomic E-state index is -0.782. The third-order valence-corrected chi connectivity index (χ3v) is 2.44. The van der Waals surface area contributed by atoms with Gasteiger partial charge in [0.05, 0.1) is 0 Å². The molecule has 6 heteroatoms. The Kier molecular flexibility index (Phi) is 4.78. The summed E-state index contributed by atoms with van der Waals surface area (Å²) < 4.78 is 0. The summed E-state index contributed by atoms with van der Waals surface area (Å²) >= 11 is 0. The monoisotopic (exact) mass is 228 g/mol. The van der Waals surface area contributed by atoms with E-state index in [1.807, 2.05) is 0 Å². The van der Waals surface area contributed by atoms with Crippen LogP contribution in [0.15, 0.2) is 12.3 Å². The first-order chi connectivity index (χ1) is 7.61. The van der Waals surface area contributed by atoms with Gasteiger partial charge in [-0.3, -0.25) is 4.79 Å². The maximum Gasteiger partial charge on any atom is 0.326 e. The Morgan fingerprint density at radius 1 is 1.19 bits per heavy atom. The molecule has 0 aromatic heterocycles. The summed E-state index contributed by atoms with van der Waals surface area (Å²) in [5.41, 5.74) is 0. The number of hydrogen-bond donors (Lipinski definition) is 4. The van der Waals surface area contributed by atoms with Gasteiger partial charge >= 0.3 is 11.9 Å². The molecule has 0 aliphatic carbocycles. The number of carbonyl (C=O) groups is 2. The van der Waals surface area contributed by atoms with E-state index in [1.165, 1.54) is 0 Å². The molecule has 0 spiro atoms. The summed E-state index contributed by atoms with van der Waals surface area (Å²) in [4.78, 5) is 20.2. The number of hydrogen-bond acceptors (Lipinski definition) is 4. The summed E-state index contributed by atoms with van der Waals surface area (Å²) in [5.74, 6) is -1.50. The molecule has 2 atom stereocenters. The van der Waals surface area contributed by atoms with Gasteiger partial charge in [-0.25, -0.2) is 4.79 Å². The van der Waals surface area contributed by atoms with Crippen LogP contribution >= 0.6 is 0 Å². The first-order valence-corrected chi connectivity index (χ1v) is 5.21. The van der Waals surface area contributed by atoms with E-state index >= 15 is 0 Å². The highest BCUT2D eigenvalue weighted by Gasteiger charge is 2.20. The van der Waals surface area contributed by atoms with Crippen molar-refractivity contribution in [1.82, 2.24) is 10.6 Å². The Bertz CT molecular complexity index is 265. The molecule has 1 saturated heterocycles. The standard InChI is InChI=1S/C5H9NO2.C5H7NO2/c2*7-5(8)4-2-1-3-6-4/h4,6H,1-3H2,(H,7,8);1,3-4,6H,2H2,(H,7,8)/t4-;/m0./s1. The molecule has 90 valence electrons. The van der Waals surface area contributed by atoms with Gasteiger partial charge in [-0.2, -0.15) is 0 Å². The maximum absolute atomic E-state index is 10.1. The number of aliphatic carboxylic acids is 2. The second kappa shape index (κ2) is 6.12. The average molecular weight is 228 g/mol. The highest BCUT2D eigenvalue weighted by atomic mass is 16.4. The van der Waals surface area contributed by atoms with Crippen molar-refractivity contribution in [2.75, 3.05) is 6.54 Å². The molecule has 0 aromatic rings. The van der Waals surface area contributed by atoms with E-state index in [4.69, 9.17) is 10.2 Å². The zero-order valence-corrected chi connectivity index (χ0v) is 8.85. The van der Waals surface area contributed by atoms with Gasteiger partial charge in [0.1, 0.15) is 12.1 Å². The van der Waals surface area contributed by atoms with Crippen LogP contribution < -0.4 is 10.6 Å². The highest BCUT2D eigenvalue weighted by molar-refractivity contribution is 5.74. The normalized spacial score (nSPS) is 26.8. The molecule has 0 aromatic carbocycles. The molecule has 6 nitrogen and oxygen atoms in total. The predicted molar refractivity (Wildman–Crippen MR) is 57.0 cm³/mol. The van der Waals surface area contributed by atoms with Gasteiger partial charge in [-0.15, -0.1) is 0 Å². The van der Waals surface area contributed by atoms with Gasteiger partial charge in [0.15, 0.2) is 0 Å². The largest absolute Gasteiger partial charge is 0.480 e. The second-order valence-corrected chi connectivity index (χ2v) is 3.68. The Morgan fingerprint density at radius 2 is 1.88 bits per heavy atom. The van der Waals surface area contributed by atoms with E-state index in [-0.39, 0.29) is 12.1 Å². The first-order valence-electron chi connectivity index (χ1n) is 5.21. The van der Waals surface area contributed by atoms with E-state index in [0.29, 0.717) is 6.42 Å². The van der Waals surface area contributed by atoms with Crippen LogP contribution in [0.2, 0.25) is 0 Å². The van der Waals surface area contributed by atoms with Crippen LogP contribution in [-0.4, -0.2) is 40.8 Å². The highest BCUT2D eigenvalue weighted by Crippen LogP contribution is 2.03. The lowest BCUT2D eigenvalue weighted by Crippen LogP contribution is -2.29. The van der Waals surface area contributed by atoms with E-state index in [1.54, 1.807) is 12.3 Å². The van der Waals surface area contributed by atoms with Crippen LogP contribution in [0.4, 0.5) is 0 Å². The molecule has 16 heavy (non-hydrogen) atoms. The van der Waals surface area contributed by atoms with Gasteiger partial charge in [-0.1, -0.05) is 6.08 Å². The number of carboxylic acid groups (broad SMARTS) is 2. The van der Waals surface area contributed by atoms with Crippen molar-refractivity contribution >= 4 is 11.9 Å². The molecule has 4 N–H and O–H groups in total. The molecule has 0 amide bonds. The van der Waals surface area contributed by atoms with Gasteiger partial charge in [0.25, 0.3) is 0 Å². The topological polar surface area (TPSA) is 98.7 Å². The Labute approximate surface area is 93.3 Å². The van der Waals surface area contributed by atoms with Gasteiger partial charge in [0, 0.05) is 0 Å². The summed E-state index contributed by atoms with van der Waals surface area (Å²) in [7, 11) is 0. The Balaban J connectivity index is 0.000000160. The van der Waals surface area contributed by atoms with Crippen molar-refractivity contribution in [1.29, 1.82) is 0 Å². The summed E-state index contributed by atoms with van der Waals surface area (Å²) in [6.45, 7) is 0.858. The van der Waals surface area contributed by atoms with Crippen LogP contribution in [-0.2, 0) is 9.59 Å². The lowest BCUT2D eigenvalue weighted by Gasteiger charge is -2.01. The van der Waals surface area contributed by atoms with Crippen LogP contribution in [0.3, 0.4) is 0 Å². The molecule has 0 radical (unpaired) electrons. The fourth-order valence-corrected chi connectivity index (χ4v) is 1.52. The molecule has 2 aliphatic heterocycles. The quantitative estimate of drug-likeness (QED) is 0.521. The van der Waals surface area contributed by atoms with E-state index in [9.17, 15) is 9.59 Å². The Morgan fingerprint density at radius 3 is 2.12 bits per heavy atom. The zero-order valence-electron chi connectivity index (χ0n) is 8.85. The molecule has 0 saturated carbocycles. The predicted octanol–water partition coefficient (Wildman–Crippen LogP) is -0.230. The fourth-order valence-electron chi connectivity index (χ4n) is 1.52. The van der Waals surface area contributed by atoms with Crippen molar-refractivity contribution < 1.29 is 19.8 Å². The van der Waals surface area contributed by atoms with Gasteiger partial charge in [-0.05, 0) is 32.0 Å². The minimum Gasteiger partial charge on any atom is -0.480 e. The van der Waals surface area contributed by atoms with Gasteiger partial charge in [0.2, 0.25) is 0 Å². The maximum atomic E-state index is 10.1. The second-order valence-electron chi connectivity index (χ2n) is 3.68. The lowest BCUT2D eigenvalue weighted by atomic mass is 10.2. The third kappa shape index (κ3) is 3.90. The third-order valence-electron chi connectivity index (χ3n) is 2.44. The minimum absolute atomic E-state index is 0.269. The van der Waals surface area contributed by atoms with Crippen molar-refractivity contribution in [2.24, 2.45) is 0 Å². The molecule has 2 aliphatic rings. The van der Waals surface area contributed by atoms with Crippen LogP contribution in [0.1, 0.15) is 19.3 Å². The molecule has 2 heterocycles. The van der Waals surface area contributed by atoms with E-state index < -0.39 is 11.9 Å². The van der Waals surface area contributed by atoms with E-state index in [0.717, 1.165) is 19.4 Å². The number of rotatable bonds is 2. The van der Waals surface area contributed by atoms with Crippen molar-refractivity contribution in [3.05, 3.63) is 12.3 Å². The van der Waals surface area contributed by atoms with Crippen molar-refractivity contribution in [3.63, 3.8) is 0 Å². The van der Waals surface area contributed by atoms with Crippen molar-refractivity contribution in [3.8, 4) is 0 Å². The van der Waals surface area contributed by atoms with Crippen LogP contribution in [0.5, 0.6) is 0 Å². The molecular weight excluding hydrogens is 212 g/mol. The molecule has 1 unspecified atom stereocenters. The SMILES string of the molecule is O=C(O)C1CC=CN1.O=C(O)[C@@H]1CCCN1.